The Labute approximate surface area is 298 Å². The van der Waals surface area contributed by atoms with Crippen LogP contribution in [0.4, 0.5) is 17.1 Å². The fourth-order valence-corrected chi connectivity index (χ4v) is 10.1. The van der Waals surface area contributed by atoms with Gasteiger partial charge in [0.2, 0.25) is 0 Å². The summed E-state index contributed by atoms with van der Waals surface area (Å²) >= 11 is 1.88. The Balaban J connectivity index is 1.25. The van der Waals surface area contributed by atoms with E-state index in [1.165, 1.54) is 92.9 Å². The third-order valence-electron chi connectivity index (χ3n) is 11.5. The molecule has 0 bridgehead atoms. The number of thiophene rings is 1. The summed E-state index contributed by atoms with van der Waals surface area (Å²) in [4.78, 5) is 2.53. The van der Waals surface area contributed by atoms with Gasteiger partial charge in [-0.15, -0.1) is 11.3 Å². The molecule has 50 heavy (non-hydrogen) atoms. The molecule has 0 aliphatic heterocycles. The number of hydrogen-bond acceptors (Lipinski definition) is 2. The number of anilines is 3. The van der Waals surface area contributed by atoms with Crippen LogP contribution in [0.3, 0.4) is 0 Å². The molecule has 0 radical (unpaired) electrons. The molecule has 7 aromatic carbocycles. The first-order valence-electron chi connectivity index (χ1n) is 17.6. The molecule has 10 rings (SSSR count). The number of rotatable bonds is 4. The van der Waals surface area contributed by atoms with Crippen molar-refractivity contribution in [2.75, 3.05) is 4.90 Å². The van der Waals surface area contributed by atoms with Gasteiger partial charge < -0.3 is 4.90 Å². The van der Waals surface area contributed by atoms with Crippen molar-refractivity contribution in [1.82, 2.24) is 0 Å². The molecule has 2 heteroatoms. The molecular formula is C48H37NS. The second kappa shape index (κ2) is 10.5. The van der Waals surface area contributed by atoms with E-state index < -0.39 is 0 Å². The Kier molecular flexibility index (Phi) is 6.21. The standard InChI is InChI=1S/C48H37NS/c1-47(2)39-27-25-31(28-37(39)45-33(18-12-20-40(45)47)30-14-6-5-7-15-30)49(42-21-13-23-44-46(42)36-17-9-11-22-43(36)50-44)32-24-26-35-34-16-8-10-19-38(34)48(3,4)41(35)29-32/h5-29H,1-4H3. The molecule has 0 atom stereocenters. The van der Waals surface area contributed by atoms with E-state index >= 15 is 0 Å². The highest BCUT2D eigenvalue weighted by Gasteiger charge is 2.38. The van der Waals surface area contributed by atoms with Crippen molar-refractivity contribution in [2.45, 2.75) is 38.5 Å². The van der Waals surface area contributed by atoms with E-state index in [-0.39, 0.29) is 10.8 Å². The third-order valence-corrected chi connectivity index (χ3v) is 12.6. The highest BCUT2D eigenvalue weighted by Crippen LogP contribution is 2.55. The maximum atomic E-state index is 2.53. The van der Waals surface area contributed by atoms with Crippen molar-refractivity contribution in [1.29, 1.82) is 0 Å². The molecule has 0 spiro atoms. The van der Waals surface area contributed by atoms with Gasteiger partial charge in [0.25, 0.3) is 0 Å². The summed E-state index contributed by atoms with van der Waals surface area (Å²) in [6, 6.07) is 56.7. The zero-order chi connectivity index (χ0) is 33.8. The Morgan fingerprint density at radius 1 is 0.440 bits per heavy atom. The number of hydrogen-bond donors (Lipinski definition) is 0. The fraction of sp³-hybridized carbons (Fsp3) is 0.125. The van der Waals surface area contributed by atoms with Crippen molar-refractivity contribution in [3.63, 3.8) is 0 Å². The monoisotopic (exact) mass is 659 g/mol. The minimum absolute atomic E-state index is 0.0970. The van der Waals surface area contributed by atoms with E-state index in [9.17, 15) is 0 Å². The summed E-state index contributed by atoms with van der Waals surface area (Å²) in [6.07, 6.45) is 0. The van der Waals surface area contributed by atoms with E-state index in [4.69, 9.17) is 0 Å². The van der Waals surface area contributed by atoms with E-state index in [1.807, 2.05) is 11.3 Å². The van der Waals surface area contributed by atoms with Crippen LogP contribution in [0.1, 0.15) is 49.9 Å². The van der Waals surface area contributed by atoms with Crippen molar-refractivity contribution in [3.05, 3.63) is 174 Å². The Hall–Kier alpha value is -5.44. The zero-order valence-electron chi connectivity index (χ0n) is 28.8. The van der Waals surface area contributed by atoms with Gasteiger partial charge in [0.05, 0.1) is 5.69 Å². The van der Waals surface area contributed by atoms with Crippen molar-refractivity contribution in [2.24, 2.45) is 0 Å². The average Bonchev–Trinajstić information content (AvgIpc) is 3.72. The highest BCUT2D eigenvalue weighted by atomic mass is 32.1. The second-order valence-electron chi connectivity index (χ2n) is 14.9. The predicted octanol–water partition coefficient (Wildman–Crippen LogP) is 13.8. The zero-order valence-corrected chi connectivity index (χ0v) is 29.6. The lowest BCUT2D eigenvalue weighted by Crippen LogP contribution is -2.17. The summed E-state index contributed by atoms with van der Waals surface area (Å²) in [7, 11) is 0. The summed E-state index contributed by atoms with van der Waals surface area (Å²) in [5.74, 6) is 0. The van der Waals surface area contributed by atoms with E-state index in [0.29, 0.717) is 0 Å². The first-order chi connectivity index (χ1) is 24.3. The van der Waals surface area contributed by atoms with Crippen LogP contribution in [0.2, 0.25) is 0 Å². The first-order valence-corrected chi connectivity index (χ1v) is 18.4. The van der Waals surface area contributed by atoms with Gasteiger partial charge in [0, 0.05) is 42.4 Å². The van der Waals surface area contributed by atoms with E-state index in [2.05, 4.69) is 184 Å². The number of fused-ring (bicyclic) bond motifs is 9. The Morgan fingerprint density at radius 2 is 1.06 bits per heavy atom. The number of benzene rings is 7. The van der Waals surface area contributed by atoms with Gasteiger partial charge in [-0.1, -0.05) is 137 Å². The lowest BCUT2D eigenvalue weighted by atomic mass is 9.82. The minimum Gasteiger partial charge on any atom is -0.310 e. The molecule has 0 saturated carbocycles. The predicted molar refractivity (Wildman–Crippen MR) is 215 cm³/mol. The minimum atomic E-state index is -0.105. The first kappa shape index (κ1) is 29.5. The largest absolute Gasteiger partial charge is 0.310 e. The van der Waals surface area contributed by atoms with Crippen LogP contribution >= 0.6 is 11.3 Å². The molecule has 1 nitrogen and oxygen atoms in total. The van der Waals surface area contributed by atoms with Crippen LogP contribution in [-0.4, -0.2) is 0 Å². The van der Waals surface area contributed by atoms with Gasteiger partial charge in [0.1, 0.15) is 0 Å². The van der Waals surface area contributed by atoms with Crippen LogP contribution in [0.5, 0.6) is 0 Å². The smallest absolute Gasteiger partial charge is 0.0554 e. The van der Waals surface area contributed by atoms with Gasteiger partial charge >= 0.3 is 0 Å². The maximum Gasteiger partial charge on any atom is 0.0554 e. The summed E-state index contributed by atoms with van der Waals surface area (Å²) in [5.41, 5.74) is 16.8. The van der Waals surface area contributed by atoms with Gasteiger partial charge in [-0.3, -0.25) is 0 Å². The van der Waals surface area contributed by atoms with Gasteiger partial charge in [-0.05, 0) is 98.1 Å². The SMILES string of the molecule is CC1(C)c2ccccc2-c2ccc(N(c3ccc4c(c3)-c3c(-c5ccccc5)cccc3C4(C)C)c3cccc4sc5ccccc5c34)cc21. The van der Waals surface area contributed by atoms with Crippen LogP contribution in [0.25, 0.3) is 53.6 Å². The van der Waals surface area contributed by atoms with Crippen molar-refractivity contribution >= 4 is 48.6 Å². The third kappa shape index (κ3) is 4.06. The van der Waals surface area contributed by atoms with Crippen LogP contribution in [-0.2, 0) is 10.8 Å². The van der Waals surface area contributed by atoms with E-state index in [0.717, 1.165) is 0 Å². The molecule has 8 aromatic rings. The summed E-state index contributed by atoms with van der Waals surface area (Å²) in [5, 5.41) is 2.61. The quantitative estimate of drug-likeness (QED) is 0.182. The van der Waals surface area contributed by atoms with Gasteiger partial charge in [0.15, 0.2) is 0 Å². The average molecular weight is 660 g/mol. The van der Waals surface area contributed by atoms with Gasteiger partial charge in [-0.2, -0.15) is 0 Å². The summed E-state index contributed by atoms with van der Waals surface area (Å²) < 4.78 is 2.62. The molecule has 0 fully saturated rings. The van der Waals surface area contributed by atoms with Gasteiger partial charge in [-0.25, -0.2) is 0 Å². The molecule has 0 amide bonds. The topological polar surface area (TPSA) is 3.24 Å². The summed E-state index contributed by atoms with van der Waals surface area (Å²) in [6.45, 7) is 9.50. The number of nitrogens with zero attached hydrogens (tertiary/aromatic N) is 1. The maximum absolute atomic E-state index is 2.53. The molecule has 1 aromatic heterocycles. The highest BCUT2D eigenvalue weighted by molar-refractivity contribution is 7.26. The molecule has 2 aliphatic rings. The van der Waals surface area contributed by atoms with Crippen molar-refractivity contribution in [3.8, 4) is 33.4 Å². The molecule has 2 aliphatic carbocycles. The molecule has 240 valence electrons. The van der Waals surface area contributed by atoms with E-state index in [1.54, 1.807) is 0 Å². The van der Waals surface area contributed by atoms with Crippen LogP contribution < -0.4 is 4.90 Å². The van der Waals surface area contributed by atoms with Crippen molar-refractivity contribution < 1.29 is 0 Å². The lowest BCUT2D eigenvalue weighted by molar-refractivity contribution is 0.660. The van der Waals surface area contributed by atoms with Crippen LogP contribution in [0, 0.1) is 0 Å². The van der Waals surface area contributed by atoms with Crippen LogP contribution in [0.15, 0.2) is 152 Å². The molecular weight excluding hydrogens is 623 g/mol. The lowest BCUT2D eigenvalue weighted by Gasteiger charge is -2.29. The molecule has 0 unspecified atom stereocenters. The molecule has 1 heterocycles. The second-order valence-corrected chi connectivity index (χ2v) is 16.0. The normalized spacial score (nSPS) is 14.7. The fourth-order valence-electron chi connectivity index (χ4n) is 8.99. The molecule has 0 N–H and O–H groups in total. The Bertz CT molecular complexity index is 2660. The Morgan fingerprint density at radius 3 is 1.94 bits per heavy atom. The molecule has 0 saturated heterocycles.